The van der Waals surface area contributed by atoms with Crippen molar-refractivity contribution < 1.29 is 14.6 Å². The summed E-state index contributed by atoms with van der Waals surface area (Å²) in [6.07, 6.45) is -1.09. The summed E-state index contributed by atoms with van der Waals surface area (Å²) < 4.78 is 11.6. The molecule has 0 aromatic heterocycles. The van der Waals surface area contributed by atoms with Crippen LogP contribution in [0.2, 0.25) is 0 Å². The fraction of sp³-hybridized carbons (Fsp3) is 0.294. The molecule has 0 saturated carbocycles. The number of nitrogens with zero attached hydrogens (tertiary/aromatic N) is 1. The van der Waals surface area contributed by atoms with Gasteiger partial charge in [-0.1, -0.05) is 24.3 Å². The number of rotatable bonds is 3. The highest BCUT2D eigenvalue weighted by Crippen LogP contribution is 2.34. The van der Waals surface area contributed by atoms with Crippen LogP contribution in [0.25, 0.3) is 0 Å². The SMILES string of the molecule is CN(C)c1cccc(OC2COc3ccccc3C2O)c1. The zero-order valence-electron chi connectivity index (χ0n) is 12.2. The van der Waals surface area contributed by atoms with E-state index in [4.69, 9.17) is 9.47 Å². The van der Waals surface area contributed by atoms with Gasteiger partial charge in [0.25, 0.3) is 0 Å². The van der Waals surface area contributed by atoms with E-state index in [1.54, 1.807) is 0 Å². The molecule has 0 bridgehead atoms. The van der Waals surface area contributed by atoms with Crippen LogP contribution in [-0.4, -0.2) is 31.9 Å². The molecule has 3 rings (SSSR count). The standard InChI is InChI=1S/C17H19NO3/c1-18(2)12-6-5-7-13(10-12)21-16-11-20-15-9-4-3-8-14(15)17(16)19/h3-10,16-17,19H,11H2,1-2H3. The first-order chi connectivity index (χ1) is 10.1. The number of para-hydroxylation sites is 1. The molecule has 2 atom stereocenters. The summed E-state index contributed by atoms with van der Waals surface area (Å²) in [5.41, 5.74) is 1.83. The van der Waals surface area contributed by atoms with Crippen LogP contribution in [0.15, 0.2) is 48.5 Å². The normalized spacial score (nSPS) is 20.3. The molecule has 2 aromatic rings. The molecular weight excluding hydrogens is 266 g/mol. The minimum absolute atomic E-state index is 0.338. The number of hydrogen-bond acceptors (Lipinski definition) is 4. The van der Waals surface area contributed by atoms with Crippen molar-refractivity contribution in [3.05, 3.63) is 54.1 Å². The van der Waals surface area contributed by atoms with Crippen LogP contribution in [0.5, 0.6) is 11.5 Å². The lowest BCUT2D eigenvalue weighted by atomic mass is 10.0. The molecule has 1 heterocycles. The van der Waals surface area contributed by atoms with E-state index < -0.39 is 12.2 Å². The third kappa shape index (κ3) is 2.81. The fourth-order valence-corrected chi connectivity index (χ4v) is 2.43. The first kappa shape index (κ1) is 13.8. The van der Waals surface area contributed by atoms with E-state index in [2.05, 4.69) is 0 Å². The first-order valence-electron chi connectivity index (χ1n) is 6.99. The van der Waals surface area contributed by atoms with Gasteiger partial charge in [0.1, 0.15) is 24.2 Å². The summed E-state index contributed by atoms with van der Waals surface area (Å²) in [6.45, 7) is 0.338. The summed E-state index contributed by atoms with van der Waals surface area (Å²) in [4.78, 5) is 2.01. The molecule has 110 valence electrons. The second-order valence-corrected chi connectivity index (χ2v) is 5.34. The van der Waals surface area contributed by atoms with E-state index in [0.717, 1.165) is 22.7 Å². The van der Waals surface area contributed by atoms with Crippen molar-refractivity contribution in [3.8, 4) is 11.5 Å². The van der Waals surface area contributed by atoms with E-state index in [-0.39, 0.29) is 0 Å². The van der Waals surface area contributed by atoms with Crippen molar-refractivity contribution in [3.63, 3.8) is 0 Å². The van der Waals surface area contributed by atoms with Crippen LogP contribution in [0.4, 0.5) is 5.69 Å². The van der Waals surface area contributed by atoms with E-state index >= 15 is 0 Å². The van der Waals surface area contributed by atoms with E-state index in [0.29, 0.717) is 6.61 Å². The lowest BCUT2D eigenvalue weighted by molar-refractivity contribution is -0.0102. The van der Waals surface area contributed by atoms with Crippen molar-refractivity contribution >= 4 is 5.69 Å². The van der Waals surface area contributed by atoms with Gasteiger partial charge >= 0.3 is 0 Å². The molecule has 2 aromatic carbocycles. The third-order valence-electron chi connectivity index (χ3n) is 3.61. The number of benzene rings is 2. The summed E-state index contributed by atoms with van der Waals surface area (Å²) in [5, 5.41) is 10.4. The summed E-state index contributed by atoms with van der Waals surface area (Å²) in [5.74, 6) is 1.46. The average Bonchev–Trinajstić information content (AvgIpc) is 2.51. The van der Waals surface area contributed by atoms with Crippen LogP contribution < -0.4 is 14.4 Å². The molecule has 0 aliphatic carbocycles. The smallest absolute Gasteiger partial charge is 0.163 e. The number of aliphatic hydroxyl groups is 1. The molecular formula is C17H19NO3. The maximum atomic E-state index is 10.4. The minimum atomic E-state index is -0.682. The van der Waals surface area contributed by atoms with Crippen LogP contribution >= 0.6 is 0 Å². The number of fused-ring (bicyclic) bond motifs is 1. The van der Waals surface area contributed by atoms with Crippen LogP contribution in [0.1, 0.15) is 11.7 Å². The Morgan fingerprint density at radius 1 is 1.14 bits per heavy atom. The highest BCUT2D eigenvalue weighted by atomic mass is 16.5. The molecule has 4 nitrogen and oxygen atoms in total. The molecule has 2 unspecified atom stereocenters. The van der Waals surface area contributed by atoms with Gasteiger partial charge in [-0.3, -0.25) is 0 Å². The van der Waals surface area contributed by atoms with Crippen molar-refractivity contribution in [2.45, 2.75) is 12.2 Å². The number of hydrogen-bond donors (Lipinski definition) is 1. The predicted octanol–water partition coefficient (Wildman–Crippen LogP) is 2.63. The number of ether oxygens (including phenoxy) is 2. The minimum Gasteiger partial charge on any atom is -0.489 e. The van der Waals surface area contributed by atoms with Crippen LogP contribution in [0.3, 0.4) is 0 Å². The van der Waals surface area contributed by atoms with Crippen molar-refractivity contribution in [2.75, 3.05) is 25.6 Å². The number of aliphatic hydroxyl groups excluding tert-OH is 1. The van der Waals surface area contributed by atoms with Gasteiger partial charge in [0.2, 0.25) is 0 Å². The molecule has 1 N–H and O–H groups in total. The fourth-order valence-electron chi connectivity index (χ4n) is 2.43. The third-order valence-corrected chi connectivity index (χ3v) is 3.61. The van der Waals surface area contributed by atoms with Crippen molar-refractivity contribution in [1.29, 1.82) is 0 Å². The van der Waals surface area contributed by atoms with Crippen LogP contribution in [0, 0.1) is 0 Å². The zero-order chi connectivity index (χ0) is 14.8. The molecule has 21 heavy (non-hydrogen) atoms. The van der Waals surface area contributed by atoms with Gasteiger partial charge in [-0.05, 0) is 18.2 Å². The summed E-state index contributed by atoms with van der Waals surface area (Å²) in [7, 11) is 3.96. The van der Waals surface area contributed by atoms with E-state index in [1.807, 2.05) is 67.5 Å². The van der Waals surface area contributed by atoms with Gasteiger partial charge in [0, 0.05) is 31.4 Å². The van der Waals surface area contributed by atoms with Gasteiger partial charge in [0.05, 0.1) is 0 Å². The van der Waals surface area contributed by atoms with E-state index in [9.17, 15) is 5.11 Å². The number of anilines is 1. The highest BCUT2D eigenvalue weighted by Gasteiger charge is 2.30. The van der Waals surface area contributed by atoms with Gasteiger partial charge in [0.15, 0.2) is 6.10 Å². The zero-order valence-corrected chi connectivity index (χ0v) is 12.2. The van der Waals surface area contributed by atoms with Gasteiger partial charge in [-0.2, -0.15) is 0 Å². The summed E-state index contributed by atoms with van der Waals surface area (Å²) >= 11 is 0. The second kappa shape index (κ2) is 5.66. The topological polar surface area (TPSA) is 41.9 Å². The predicted molar refractivity (Wildman–Crippen MR) is 82.1 cm³/mol. The molecule has 1 aliphatic heterocycles. The first-order valence-corrected chi connectivity index (χ1v) is 6.99. The largest absolute Gasteiger partial charge is 0.489 e. The highest BCUT2D eigenvalue weighted by molar-refractivity contribution is 5.49. The Labute approximate surface area is 124 Å². The van der Waals surface area contributed by atoms with Crippen molar-refractivity contribution in [1.82, 2.24) is 0 Å². The Morgan fingerprint density at radius 2 is 1.95 bits per heavy atom. The molecule has 0 radical (unpaired) electrons. The molecule has 0 spiro atoms. The Bertz CT molecular complexity index is 627. The van der Waals surface area contributed by atoms with Crippen molar-refractivity contribution in [2.24, 2.45) is 0 Å². The lowest BCUT2D eigenvalue weighted by Gasteiger charge is -2.30. The monoisotopic (exact) mass is 285 g/mol. The second-order valence-electron chi connectivity index (χ2n) is 5.34. The quantitative estimate of drug-likeness (QED) is 0.941. The summed E-state index contributed by atoms with van der Waals surface area (Å²) in [6, 6.07) is 15.3. The Kier molecular flexibility index (Phi) is 3.71. The molecule has 0 amide bonds. The average molecular weight is 285 g/mol. The molecule has 0 fully saturated rings. The van der Waals surface area contributed by atoms with Gasteiger partial charge in [-0.15, -0.1) is 0 Å². The van der Waals surface area contributed by atoms with Gasteiger partial charge in [-0.25, -0.2) is 0 Å². The van der Waals surface area contributed by atoms with Crippen LogP contribution in [-0.2, 0) is 0 Å². The van der Waals surface area contributed by atoms with Gasteiger partial charge < -0.3 is 19.5 Å². The lowest BCUT2D eigenvalue weighted by Crippen LogP contribution is -2.35. The maximum Gasteiger partial charge on any atom is 0.163 e. The molecule has 4 heteroatoms. The molecule has 1 aliphatic rings. The Balaban J connectivity index is 1.79. The Morgan fingerprint density at radius 3 is 2.76 bits per heavy atom. The molecule has 0 saturated heterocycles. The maximum absolute atomic E-state index is 10.4. The van der Waals surface area contributed by atoms with E-state index in [1.165, 1.54) is 0 Å². The Hall–Kier alpha value is -2.20.